The van der Waals surface area contributed by atoms with Crippen molar-refractivity contribution < 1.29 is 22.7 Å². The first kappa shape index (κ1) is 31.1. The van der Waals surface area contributed by atoms with Crippen molar-refractivity contribution in [3.05, 3.63) is 59.2 Å². The fourth-order valence-electron chi connectivity index (χ4n) is 4.30. The van der Waals surface area contributed by atoms with E-state index in [0.717, 1.165) is 23.1 Å². The summed E-state index contributed by atoms with van der Waals surface area (Å²) >= 11 is 0. The largest absolute Gasteiger partial charge is 0.497 e. The first-order chi connectivity index (χ1) is 17.9. The topological polar surface area (TPSA) is 96.0 Å². The Labute approximate surface area is 228 Å². The van der Waals surface area contributed by atoms with Gasteiger partial charge in [0.2, 0.25) is 21.8 Å². The molecule has 0 aromatic heterocycles. The minimum atomic E-state index is -3.55. The second-order valence-corrected chi connectivity index (χ2v) is 11.8. The van der Waals surface area contributed by atoms with Crippen LogP contribution in [0.15, 0.2) is 42.5 Å². The molecule has 0 fully saturated rings. The van der Waals surface area contributed by atoms with Crippen molar-refractivity contribution in [2.75, 3.05) is 24.2 Å². The van der Waals surface area contributed by atoms with E-state index in [4.69, 9.17) is 4.74 Å². The molecular formula is C29H43N3O5S. The Morgan fingerprint density at radius 2 is 1.76 bits per heavy atom. The number of sulfonamides is 1. The van der Waals surface area contributed by atoms with Crippen molar-refractivity contribution in [2.45, 2.75) is 78.9 Å². The number of carbonyl (C=O) groups is 2. The van der Waals surface area contributed by atoms with E-state index in [1.165, 1.54) is 10.6 Å². The number of hydrogen-bond acceptors (Lipinski definition) is 5. The molecule has 0 bridgehead atoms. The summed E-state index contributed by atoms with van der Waals surface area (Å²) in [5, 5.41) is 3.01. The molecule has 2 amide bonds. The highest BCUT2D eigenvalue weighted by atomic mass is 32.2. The van der Waals surface area contributed by atoms with Gasteiger partial charge in [-0.25, -0.2) is 8.42 Å². The van der Waals surface area contributed by atoms with Crippen LogP contribution in [0, 0.1) is 13.8 Å². The third-order valence-electron chi connectivity index (χ3n) is 6.66. The van der Waals surface area contributed by atoms with Gasteiger partial charge in [0.1, 0.15) is 11.8 Å². The van der Waals surface area contributed by atoms with Gasteiger partial charge in [0.15, 0.2) is 0 Å². The summed E-state index contributed by atoms with van der Waals surface area (Å²) in [6.45, 7) is 10.0. The number of nitrogens with one attached hydrogen (secondary N) is 1. The van der Waals surface area contributed by atoms with Crippen LogP contribution in [0.2, 0.25) is 0 Å². The van der Waals surface area contributed by atoms with Gasteiger partial charge in [-0.05, 0) is 74.9 Å². The molecule has 0 saturated heterocycles. The second-order valence-electron chi connectivity index (χ2n) is 9.84. The molecule has 210 valence electrons. The Kier molecular flexibility index (Phi) is 11.6. The molecule has 2 rings (SSSR count). The molecule has 2 atom stereocenters. The Hall–Kier alpha value is -3.07. The van der Waals surface area contributed by atoms with E-state index < -0.39 is 16.1 Å². The van der Waals surface area contributed by atoms with Gasteiger partial charge in [-0.2, -0.15) is 0 Å². The molecule has 1 N–H and O–H groups in total. The number of methoxy groups -OCH3 is 1. The molecular weight excluding hydrogens is 502 g/mol. The summed E-state index contributed by atoms with van der Waals surface area (Å²) in [5.41, 5.74) is 3.27. The molecule has 0 spiro atoms. The van der Waals surface area contributed by atoms with Gasteiger partial charge in [0, 0.05) is 25.6 Å². The molecule has 38 heavy (non-hydrogen) atoms. The molecule has 0 aliphatic heterocycles. The molecule has 2 aromatic carbocycles. The third-order valence-corrected chi connectivity index (χ3v) is 7.84. The van der Waals surface area contributed by atoms with E-state index in [-0.39, 0.29) is 37.4 Å². The minimum absolute atomic E-state index is 0.00814. The average Bonchev–Trinajstić information content (AvgIpc) is 2.87. The van der Waals surface area contributed by atoms with Crippen LogP contribution in [-0.4, -0.2) is 57.1 Å². The van der Waals surface area contributed by atoms with Crippen molar-refractivity contribution >= 4 is 27.5 Å². The maximum absolute atomic E-state index is 13.6. The van der Waals surface area contributed by atoms with Gasteiger partial charge in [0.05, 0.1) is 19.1 Å². The Balaban J connectivity index is 2.28. The van der Waals surface area contributed by atoms with Crippen LogP contribution in [-0.2, 0) is 26.2 Å². The van der Waals surface area contributed by atoms with Gasteiger partial charge in [-0.1, -0.05) is 38.1 Å². The fourth-order valence-corrected chi connectivity index (χ4v) is 5.31. The van der Waals surface area contributed by atoms with Crippen LogP contribution in [0.3, 0.4) is 0 Å². The third kappa shape index (κ3) is 8.75. The van der Waals surface area contributed by atoms with Crippen molar-refractivity contribution in [3.8, 4) is 5.75 Å². The van der Waals surface area contributed by atoms with E-state index in [1.807, 2.05) is 77.1 Å². The van der Waals surface area contributed by atoms with Gasteiger partial charge >= 0.3 is 0 Å². The number of carbonyl (C=O) groups excluding carboxylic acids is 2. The maximum Gasteiger partial charge on any atom is 0.243 e. The van der Waals surface area contributed by atoms with Crippen molar-refractivity contribution in [1.29, 1.82) is 0 Å². The predicted molar refractivity (Wildman–Crippen MR) is 153 cm³/mol. The SMILES string of the molecule is CCC(C)NC(=O)C(CC)N(Cc1cccc(OC)c1)C(=O)CCCN(c1cc(C)ccc1C)S(C)(=O)=O. The summed E-state index contributed by atoms with van der Waals surface area (Å²) in [5.74, 6) is 0.281. The zero-order valence-electron chi connectivity index (χ0n) is 23.8. The molecule has 9 heteroatoms. The summed E-state index contributed by atoms with van der Waals surface area (Å²) < 4.78 is 32.0. The number of hydrogen-bond donors (Lipinski definition) is 1. The highest BCUT2D eigenvalue weighted by molar-refractivity contribution is 7.92. The highest BCUT2D eigenvalue weighted by Crippen LogP contribution is 2.25. The first-order valence-electron chi connectivity index (χ1n) is 13.2. The lowest BCUT2D eigenvalue weighted by atomic mass is 10.1. The van der Waals surface area contributed by atoms with E-state index in [1.54, 1.807) is 12.0 Å². The van der Waals surface area contributed by atoms with Gasteiger partial charge in [-0.15, -0.1) is 0 Å². The average molecular weight is 546 g/mol. The van der Waals surface area contributed by atoms with E-state index in [9.17, 15) is 18.0 Å². The monoisotopic (exact) mass is 545 g/mol. The smallest absolute Gasteiger partial charge is 0.243 e. The van der Waals surface area contributed by atoms with Crippen LogP contribution in [0.25, 0.3) is 0 Å². The standard InChI is InChI=1S/C29H43N3O5S/c1-8-23(5)30-29(34)26(9-2)31(20-24-12-10-13-25(19-24)37-6)28(33)14-11-17-32(38(7,35)36)27-18-21(3)15-16-22(27)4/h10,12-13,15-16,18-19,23,26H,8-9,11,14,17,20H2,1-7H3,(H,30,34). The number of benzene rings is 2. The molecule has 0 radical (unpaired) electrons. The normalized spacial score (nSPS) is 12.9. The predicted octanol–water partition coefficient (Wildman–Crippen LogP) is 4.58. The van der Waals surface area contributed by atoms with Crippen molar-refractivity contribution in [1.82, 2.24) is 10.2 Å². The van der Waals surface area contributed by atoms with Gasteiger partial charge < -0.3 is 15.0 Å². The molecule has 0 aliphatic rings. The lowest BCUT2D eigenvalue weighted by Crippen LogP contribution is -2.50. The van der Waals surface area contributed by atoms with Crippen molar-refractivity contribution in [3.63, 3.8) is 0 Å². The van der Waals surface area contributed by atoms with Crippen LogP contribution < -0.4 is 14.4 Å². The molecule has 0 aliphatic carbocycles. The van der Waals surface area contributed by atoms with E-state index in [0.29, 0.717) is 24.3 Å². The summed E-state index contributed by atoms with van der Waals surface area (Å²) in [4.78, 5) is 28.4. The minimum Gasteiger partial charge on any atom is -0.497 e. The summed E-state index contributed by atoms with van der Waals surface area (Å²) in [6, 6.07) is 12.5. The van der Waals surface area contributed by atoms with Crippen LogP contribution in [0.1, 0.15) is 63.1 Å². The molecule has 2 aromatic rings. The lowest BCUT2D eigenvalue weighted by Gasteiger charge is -2.32. The quantitative estimate of drug-likeness (QED) is 0.375. The zero-order valence-corrected chi connectivity index (χ0v) is 24.6. The lowest BCUT2D eigenvalue weighted by molar-refractivity contribution is -0.141. The van der Waals surface area contributed by atoms with E-state index >= 15 is 0 Å². The Bertz CT molecular complexity index is 1200. The molecule has 0 heterocycles. The summed E-state index contributed by atoms with van der Waals surface area (Å²) in [6.07, 6.45) is 2.84. The van der Waals surface area contributed by atoms with E-state index in [2.05, 4.69) is 5.32 Å². The Morgan fingerprint density at radius 1 is 1.05 bits per heavy atom. The fraction of sp³-hybridized carbons (Fsp3) is 0.517. The van der Waals surface area contributed by atoms with Gasteiger partial charge in [-0.3, -0.25) is 13.9 Å². The summed E-state index contributed by atoms with van der Waals surface area (Å²) in [7, 11) is -1.97. The molecule has 2 unspecified atom stereocenters. The second kappa shape index (κ2) is 14.2. The van der Waals surface area contributed by atoms with Crippen LogP contribution in [0.4, 0.5) is 5.69 Å². The van der Waals surface area contributed by atoms with Gasteiger partial charge in [0.25, 0.3) is 0 Å². The number of aryl methyl sites for hydroxylation is 2. The van der Waals surface area contributed by atoms with Crippen molar-refractivity contribution in [2.24, 2.45) is 0 Å². The molecule has 8 nitrogen and oxygen atoms in total. The highest BCUT2D eigenvalue weighted by Gasteiger charge is 2.29. The number of nitrogens with zero attached hydrogens (tertiary/aromatic N) is 2. The number of anilines is 1. The van der Waals surface area contributed by atoms with Crippen LogP contribution >= 0.6 is 0 Å². The zero-order chi connectivity index (χ0) is 28.5. The maximum atomic E-state index is 13.6. The number of rotatable bonds is 14. The Morgan fingerprint density at radius 3 is 2.37 bits per heavy atom. The number of ether oxygens (including phenoxy) is 1. The van der Waals surface area contributed by atoms with Crippen LogP contribution in [0.5, 0.6) is 5.75 Å². The first-order valence-corrected chi connectivity index (χ1v) is 15.0. The molecule has 0 saturated carbocycles. The number of amides is 2.